The first-order valence-corrected chi connectivity index (χ1v) is 7.89. The van der Waals surface area contributed by atoms with Crippen molar-refractivity contribution < 1.29 is 27.7 Å². The molecule has 0 spiro atoms. The van der Waals surface area contributed by atoms with Crippen molar-refractivity contribution >= 4 is 27.5 Å². The molecule has 0 aliphatic carbocycles. The van der Waals surface area contributed by atoms with Gasteiger partial charge < -0.3 is 10.4 Å². The molecule has 0 heterocycles. The van der Waals surface area contributed by atoms with Crippen molar-refractivity contribution in [3.8, 4) is 0 Å². The Morgan fingerprint density at radius 2 is 1.52 bits per heavy atom. The number of Topliss-reactive ketones (excluding diaryl/α,β-unsaturated/α-hetero) is 1. The van der Waals surface area contributed by atoms with Crippen molar-refractivity contribution in [2.45, 2.75) is 11.0 Å². The Bertz CT molecular complexity index is 832. The molecule has 8 heteroatoms. The highest BCUT2D eigenvalue weighted by atomic mass is 32.2. The number of nitrogens with one attached hydrogen (secondary N) is 1. The van der Waals surface area contributed by atoms with E-state index in [4.69, 9.17) is 4.55 Å². The second kappa shape index (κ2) is 6.69. The second-order valence-corrected chi connectivity index (χ2v) is 5.98. The lowest BCUT2D eigenvalue weighted by Gasteiger charge is -2.12. The number of rotatable bonds is 5. The molecule has 0 saturated heterocycles. The summed E-state index contributed by atoms with van der Waals surface area (Å²) in [6, 6.07) is 12.9. The van der Waals surface area contributed by atoms with Gasteiger partial charge in [0.25, 0.3) is 16.0 Å². The van der Waals surface area contributed by atoms with Gasteiger partial charge >= 0.3 is 0 Å². The van der Waals surface area contributed by atoms with Crippen molar-refractivity contribution in [3.63, 3.8) is 0 Å². The first-order chi connectivity index (χ1) is 10.8. The number of amides is 1. The maximum absolute atomic E-state index is 12.2. The number of ketones is 1. The number of carbonyl (C=O) groups excluding carboxylic acids is 2. The van der Waals surface area contributed by atoms with E-state index in [1.165, 1.54) is 12.1 Å². The number of para-hydroxylation sites is 1. The molecule has 1 atom stereocenters. The summed E-state index contributed by atoms with van der Waals surface area (Å²) in [6.45, 7) is 0. The maximum atomic E-state index is 12.2. The van der Waals surface area contributed by atoms with Gasteiger partial charge in [-0.15, -0.1) is 0 Å². The summed E-state index contributed by atoms with van der Waals surface area (Å²) < 4.78 is 31.6. The first kappa shape index (κ1) is 16.8. The lowest BCUT2D eigenvalue weighted by atomic mass is 10.1. The summed E-state index contributed by atoms with van der Waals surface area (Å²) in [5.41, 5.74) is -0.0990. The molecule has 0 bridgehead atoms. The molecule has 23 heavy (non-hydrogen) atoms. The lowest BCUT2D eigenvalue weighted by Crippen LogP contribution is -2.35. The zero-order valence-corrected chi connectivity index (χ0v) is 12.5. The van der Waals surface area contributed by atoms with Gasteiger partial charge in [0, 0.05) is 11.3 Å². The third-order valence-corrected chi connectivity index (χ3v) is 3.88. The normalized spacial score (nSPS) is 12.4. The van der Waals surface area contributed by atoms with Crippen molar-refractivity contribution in [3.05, 3.63) is 60.2 Å². The number of hydrogen-bond acceptors (Lipinski definition) is 5. The topological polar surface area (TPSA) is 121 Å². The minimum Gasteiger partial charge on any atom is -0.376 e. The van der Waals surface area contributed by atoms with Gasteiger partial charge in [0.05, 0.1) is 0 Å². The third kappa shape index (κ3) is 4.01. The number of benzene rings is 2. The van der Waals surface area contributed by atoms with Crippen LogP contribution in [0.25, 0.3) is 0 Å². The van der Waals surface area contributed by atoms with Gasteiger partial charge in [-0.1, -0.05) is 30.3 Å². The quantitative estimate of drug-likeness (QED) is 0.428. The zero-order valence-electron chi connectivity index (χ0n) is 11.7. The highest BCUT2D eigenvalue weighted by molar-refractivity contribution is 7.86. The minimum absolute atomic E-state index is 0.368. The van der Waals surface area contributed by atoms with Crippen LogP contribution >= 0.6 is 0 Å². The Morgan fingerprint density at radius 3 is 2.13 bits per heavy atom. The molecular formula is C15H13NO6S. The SMILES string of the molecule is O=C(Nc1ccccc1)C(O)C(=O)c1ccccc1S(=O)(=O)O. The molecule has 0 aliphatic rings. The second-order valence-electron chi connectivity index (χ2n) is 4.59. The van der Waals surface area contributed by atoms with E-state index in [2.05, 4.69) is 5.32 Å². The smallest absolute Gasteiger partial charge is 0.295 e. The molecule has 2 aromatic carbocycles. The van der Waals surface area contributed by atoms with E-state index in [-0.39, 0.29) is 0 Å². The van der Waals surface area contributed by atoms with E-state index in [1.54, 1.807) is 30.3 Å². The molecule has 7 nitrogen and oxygen atoms in total. The molecule has 3 N–H and O–H groups in total. The number of hydrogen-bond donors (Lipinski definition) is 3. The van der Waals surface area contributed by atoms with Crippen LogP contribution in [0.1, 0.15) is 10.4 Å². The fourth-order valence-corrected chi connectivity index (χ4v) is 2.59. The fraction of sp³-hybridized carbons (Fsp3) is 0.0667. The van der Waals surface area contributed by atoms with Gasteiger partial charge in [-0.25, -0.2) is 0 Å². The number of aliphatic hydroxyl groups is 1. The van der Waals surface area contributed by atoms with Crippen LogP contribution < -0.4 is 5.32 Å². The van der Waals surface area contributed by atoms with Crippen molar-refractivity contribution in [2.75, 3.05) is 5.32 Å². The molecule has 0 fully saturated rings. The largest absolute Gasteiger partial charge is 0.376 e. The van der Waals surface area contributed by atoms with Crippen LogP contribution in [0.3, 0.4) is 0 Å². The Hall–Kier alpha value is -2.55. The number of anilines is 1. The minimum atomic E-state index is -4.66. The average molecular weight is 335 g/mol. The molecule has 0 aromatic heterocycles. The van der Waals surface area contributed by atoms with Gasteiger partial charge in [0.2, 0.25) is 5.78 Å². The van der Waals surface area contributed by atoms with E-state index in [0.717, 1.165) is 12.1 Å². The molecule has 0 radical (unpaired) electrons. The van der Waals surface area contributed by atoms with Gasteiger partial charge in [-0.05, 0) is 24.3 Å². The molecule has 0 saturated carbocycles. The molecule has 2 aromatic rings. The third-order valence-electron chi connectivity index (χ3n) is 2.97. The van der Waals surface area contributed by atoms with Gasteiger partial charge in [-0.3, -0.25) is 14.1 Å². The number of carbonyl (C=O) groups is 2. The van der Waals surface area contributed by atoms with Gasteiger partial charge in [0.15, 0.2) is 6.10 Å². The molecular weight excluding hydrogens is 322 g/mol. The standard InChI is InChI=1S/C15H13NO6S/c17-13(11-8-4-5-9-12(11)23(20,21)22)14(18)15(19)16-10-6-2-1-3-7-10/h1-9,14,18H,(H,16,19)(H,20,21,22). The Balaban J connectivity index is 2.25. The van der Waals surface area contributed by atoms with Crippen LogP contribution in [0.15, 0.2) is 59.5 Å². The lowest BCUT2D eigenvalue weighted by molar-refractivity contribution is -0.121. The van der Waals surface area contributed by atoms with Gasteiger partial charge in [-0.2, -0.15) is 8.42 Å². The summed E-state index contributed by atoms with van der Waals surface area (Å²) in [5, 5.41) is 12.2. The molecule has 1 unspecified atom stereocenters. The van der Waals surface area contributed by atoms with E-state index in [0.29, 0.717) is 5.69 Å². The van der Waals surface area contributed by atoms with E-state index in [9.17, 15) is 23.1 Å². The van der Waals surface area contributed by atoms with Crippen LogP contribution in [-0.4, -0.2) is 35.9 Å². The van der Waals surface area contributed by atoms with Crippen molar-refractivity contribution in [2.24, 2.45) is 0 Å². The van der Waals surface area contributed by atoms with Gasteiger partial charge in [0.1, 0.15) is 4.90 Å². The zero-order chi connectivity index (χ0) is 17.0. The Morgan fingerprint density at radius 1 is 0.957 bits per heavy atom. The fourth-order valence-electron chi connectivity index (χ4n) is 1.89. The van der Waals surface area contributed by atoms with Crippen molar-refractivity contribution in [1.82, 2.24) is 0 Å². The summed E-state index contributed by atoms with van der Waals surface area (Å²) in [4.78, 5) is 23.4. The summed E-state index contributed by atoms with van der Waals surface area (Å²) >= 11 is 0. The van der Waals surface area contributed by atoms with Crippen LogP contribution in [0.4, 0.5) is 5.69 Å². The monoisotopic (exact) mass is 335 g/mol. The average Bonchev–Trinajstić information content (AvgIpc) is 2.53. The van der Waals surface area contributed by atoms with E-state index in [1.807, 2.05) is 0 Å². The highest BCUT2D eigenvalue weighted by Gasteiger charge is 2.29. The predicted molar refractivity (Wildman–Crippen MR) is 81.7 cm³/mol. The Labute approximate surface area is 132 Å². The maximum Gasteiger partial charge on any atom is 0.295 e. The van der Waals surface area contributed by atoms with Crippen LogP contribution in [0.5, 0.6) is 0 Å². The molecule has 0 aliphatic heterocycles. The summed E-state index contributed by atoms with van der Waals surface area (Å²) in [5.74, 6) is -2.14. The van der Waals surface area contributed by atoms with Crippen LogP contribution in [-0.2, 0) is 14.9 Å². The summed E-state index contributed by atoms with van der Waals surface area (Å²) in [7, 11) is -4.66. The van der Waals surface area contributed by atoms with Crippen LogP contribution in [0.2, 0.25) is 0 Å². The van der Waals surface area contributed by atoms with Crippen molar-refractivity contribution in [1.29, 1.82) is 0 Å². The first-order valence-electron chi connectivity index (χ1n) is 6.45. The van der Waals surface area contributed by atoms with E-state index >= 15 is 0 Å². The number of aliphatic hydroxyl groups excluding tert-OH is 1. The molecule has 1 amide bonds. The molecule has 120 valence electrons. The molecule has 2 rings (SSSR count). The highest BCUT2D eigenvalue weighted by Crippen LogP contribution is 2.17. The summed E-state index contributed by atoms with van der Waals surface area (Å²) in [6.07, 6.45) is -2.11. The van der Waals surface area contributed by atoms with Crippen LogP contribution in [0, 0.1) is 0 Å². The Kier molecular flexibility index (Phi) is 4.89. The predicted octanol–water partition coefficient (Wildman–Crippen LogP) is 1.12. The van der Waals surface area contributed by atoms with E-state index < -0.39 is 38.4 Å².